The van der Waals surface area contributed by atoms with E-state index in [-0.39, 0.29) is 0 Å². The van der Waals surface area contributed by atoms with Gasteiger partial charge in [-0.25, -0.2) is 0 Å². The van der Waals surface area contributed by atoms with Crippen molar-refractivity contribution in [2.45, 2.75) is 26.2 Å². The highest BCUT2D eigenvalue weighted by molar-refractivity contribution is 4.89. The Morgan fingerprint density at radius 2 is 2.27 bits per heavy atom. The van der Waals surface area contributed by atoms with Gasteiger partial charge in [0.1, 0.15) is 0 Å². The fraction of sp³-hybridized carbons (Fsp3) is 0.700. The molecule has 1 radical (unpaired) electrons. The molecule has 1 atom stereocenters. The molecule has 0 heterocycles. The zero-order chi connectivity index (χ0) is 8.53. The molecule has 1 heteroatoms. The molecule has 0 fully saturated rings. The van der Waals surface area contributed by atoms with Gasteiger partial charge in [0.25, 0.3) is 0 Å². The van der Waals surface area contributed by atoms with Crippen LogP contribution in [0.3, 0.4) is 0 Å². The van der Waals surface area contributed by atoms with Crippen molar-refractivity contribution in [1.82, 2.24) is 0 Å². The van der Waals surface area contributed by atoms with Gasteiger partial charge in [-0.1, -0.05) is 13.8 Å². The van der Waals surface area contributed by atoms with Crippen molar-refractivity contribution >= 4 is 0 Å². The summed E-state index contributed by atoms with van der Waals surface area (Å²) in [5.74, 6) is 3.08. The fourth-order valence-corrected chi connectivity index (χ4v) is 0.779. The van der Waals surface area contributed by atoms with Crippen molar-refractivity contribution in [2.75, 3.05) is 13.2 Å². The van der Waals surface area contributed by atoms with E-state index in [1.807, 2.05) is 0 Å². The molecular formula is C10H17O. The highest BCUT2D eigenvalue weighted by atomic mass is 16.5. The molecule has 0 aliphatic rings. The van der Waals surface area contributed by atoms with Crippen molar-refractivity contribution in [3.63, 3.8) is 0 Å². The second kappa shape index (κ2) is 7.63. The smallest absolute Gasteiger partial charge is 0.0466 e. The number of terminal acetylenes is 1. The third kappa shape index (κ3) is 7.42. The Kier molecular flexibility index (Phi) is 7.29. The van der Waals surface area contributed by atoms with Crippen LogP contribution in [0.2, 0.25) is 0 Å². The molecule has 0 saturated carbocycles. The van der Waals surface area contributed by atoms with E-state index in [0.29, 0.717) is 5.92 Å². The summed E-state index contributed by atoms with van der Waals surface area (Å²) in [4.78, 5) is 0. The Morgan fingerprint density at radius 3 is 2.82 bits per heavy atom. The van der Waals surface area contributed by atoms with Crippen molar-refractivity contribution in [3.8, 4) is 12.3 Å². The van der Waals surface area contributed by atoms with Gasteiger partial charge in [0.15, 0.2) is 0 Å². The van der Waals surface area contributed by atoms with Gasteiger partial charge in [-0.15, -0.1) is 12.3 Å². The number of hydrogen-bond acceptors (Lipinski definition) is 1. The van der Waals surface area contributed by atoms with Gasteiger partial charge in [0.05, 0.1) is 0 Å². The molecule has 0 rings (SSSR count). The summed E-state index contributed by atoms with van der Waals surface area (Å²) < 4.78 is 5.25. The Morgan fingerprint density at radius 1 is 1.55 bits per heavy atom. The van der Waals surface area contributed by atoms with Gasteiger partial charge in [-0.3, -0.25) is 0 Å². The molecule has 0 aliphatic carbocycles. The van der Waals surface area contributed by atoms with E-state index in [1.54, 1.807) is 0 Å². The summed E-state index contributed by atoms with van der Waals surface area (Å²) in [6.07, 6.45) is 8.19. The van der Waals surface area contributed by atoms with Gasteiger partial charge in [-0.2, -0.15) is 0 Å². The monoisotopic (exact) mass is 153 g/mol. The summed E-state index contributed by atoms with van der Waals surface area (Å²) in [6.45, 7) is 7.32. The summed E-state index contributed by atoms with van der Waals surface area (Å²) in [5, 5.41) is 0. The van der Waals surface area contributed by atoms with Crippen LogP contribution < -0.4 is 0 Å². The van der Waals surface area contributed by atoms with Crippen LogP contribution >= 0.6 is 0 Å². The third-order valence-corrected chi connectivity index (χ3v) is 1.50. The molecule has 0 aromatic heterocycles. The standard InChI is InChI=1S/C10H17O/c1-4-8-11-9-6-7-10(3)5-2/h2,10H,1,4,6-9H2,3H3. The molecule has 0 aromatic carbocycles. The van der Waals surface area contributed by atoms with Gasteiger partial charge in [0.2, 0.25) is 0 Å². The molecule has 0 N–H and O–H groups in total. The van der Waals surface area contributed by atoms with Crippen LogP contribution in [0.4, 0.5) is 0 Å². The van der Waals surface area contributed by atoms with Crippen molar-refractivity contribution in [3.05, 3.63) is 6.92 Å². The van der Waals surface area contributed by atoms with Crippen LogP contribution in [0.25, 0.3) is 0 Å². The molecule has 63 valence electrons. The normalized spacial score (nSPS) is 12.5. The van der Waals surface area contributed by atoms with Gasteiger partial charge in [0, 0.05) is 19.1 Å². The predicted molar refractivity (Wildman–Crippen MR) is 48.0 cm³/mol. The molecule has 0 aromatic rings. The largest absolute Gasteiger partial charge is 0.381 e. The molecule has 0 bridgehead atoms. The maximum absolute atomic E-state index is 5.25. The molecule has 0 aliphatic heterocycles. The summed E-state index contributed by atoms with van der Waals surface area (Å²) in [5.41, 5.74) is 0. The van der Waals surface area contributed by atoms with E-state index in [4.69, 9.17) is 11.2 Å². The Labute approximate surface area is 70.1 Å². The average molecular weight is 153 g/mol. The highest BCUT2D eigenvalue weighted by Gasteiger charge is 1.95. The molecule has 1 nitrogen and oxygen atoms in total. The Hall–Kier alpha value is -0.480. The highest BCUT2D eigenvalue weighted by Crippen LogP contribution is 2.03. The van der Waals surface area contributed by atoms with E-state index in [1.165, 1.54) is 0 Å². The van der Waals surface area contributed by atoms with Crippen LogP contribution in [0.1, 0.15) is 26.2 Å². The number of ether oxygens (including phenoxy) is 1. The lowest BCUT2D eigenvalue weighted by molar-refractivity contribution is 0.133. The zero-order valence-corrected chi connectivity index (χ0v) is 7.31. The maximum atomic E-state index is 5.25. The Bertz CT molecular complexity index is 113. The van der Waals surface area contributed by atoms with E-state index < -0.39 is 0 Å². The topological polar surface area (TPSA) is 9.23 Å². The first-order valence-corrected chi connectivity index (χ1v) is 4.14. The van der Waals surface area contributed by atoms with Gasteiger partial charge >= 0.3 is 0 Å². The lowest BCUT2D eigenvalue weighted by Crippen LogP contribution is -1.98. The van der Waals surface area contributed by atoms with Crippen LogP contribution in [0.5, 0.6) is 0 Å². The zero-order valence-electron chi connectivity index (χ0n) is 7.31. The lowest BCUT2D eigenvalue weighted by Gasteiger charge is -2.03. The minimum Gasteiger partial charge on any atom is -0.381 e. The van der Waals surface area contributed by atoms with Gasteiger partial charge in [-0.05, 0) is 19.3 Å². The van der Waals surface area contributed by atoms with Crippen LogP contribution in [0, 0.1) is 25.2 Å². The van der Waals surface area contributed by atoms with Crippen molar-refractivity contribution < 1.29 is 4.74 Å². The first-order chi connectivity index (χ1) is 5.31. The van der Waals surface area contributed by atoms with Crippen LogP contribution in [-0.4, -0.2) is 13.2 Å². The number of rotatable bonds is 6. The van der Waals surface area contributed by atoms with Crippen molar-refractivity contribution in [1.29, 1.82) is 0 Å². The molecule has 0 saturated heterocycles. The second-order valence-electron chi connectivity index (χ2n) is 2.68. The molecule has 0 spiro atoms. The molecule has 0 amide bonds. The molecule has 1 unspecified atom stereocenters. The summed E-state index contributed by atoms with van der Waals surface area (Å²) in [7, 11) is 0. The van der Waals surface area contributed by atoms with E-state index >= 15 is 0 Å². The third-order valence-electron chi connectivity index (χ3n) is 1.50. The lowest BCUT2D eigenvalue weighted by atomic mass is 10.1. The Balaban J connectivity index is 2.97. The van der Waals surface area contributed by atoms with E-state index in [2.05, 4.69) is 19.8 Å². The minimum atomic E-state index is 0.387. The first kappa shape index (κ1) is 10.5. The second-order valence-corrected chi connectivity index (χ2v) is 2.68. The SMILES string of the molecule is C#CC(C)CCCOCC[CH2]. The summed E-state index contributed by atoms with van der Waals surface area (Å²) in [6, 6.07) is 0. The average Bonchev–Trinajstić information content (AvgIpc) is 2.04. The van der Waals surface area contributed by atoms with Crippen LogP contribution in [-0.2, 0) is 4.74 Å². The minimum absolute atomic E-state index is 0.387. The van der Waals surface area contributed by atoms with E-state index in [9.17, 15) is 0 Å². The fourth-order valence-electron chi connectivity index (χ4n) is 0.779. The molecular weight excluding hydrogens is 136 g/mol. The number of hydrogen-bond donors (Lipinski definition) is 0. The van der Waals surface area contributed by atoms with Crippen LogP contribution in [0.15, 0.2) is 0 Å². The molecule has 11 heavy (non-hydrogen) atoms. The van der Waals surface area contributed by atoms with Crippen molar-refractivity contribution in [2.24, 2.45) is 5.92 Å². The van der Waals surface area contributed by atoms with E-state index in [0.717, 1.165) is 32.5 Å². The quantitative estimate of drug-likeness (QED) is 0.420. The first-order valence-electron chi connectivity index (χ1n) is 4.14. The van der Waals surface area contributed by atoms with Gasteiger partial charge < -0.3 is 4.74 Å². The summed E-state index contributed by atoms with van der Waals surface area (Å²) >= 11 is 0. The predicted octanol–water partition coefficient (Wildman–Crippen LogP) is 2.28. The maximum Gasteiger partial charge on any atom is 0.0466 e.